The molecular weight excluding hydrogens is 178 g/mol. The molecule has 2 heteroatoms. The van der Waals surface area contributed by atoms with E-state index < -0.39 is 0 Å². The predicted octanol–water partition coefficient (Wildman–Crippen LogP) is 2.95. The minimum atomic E-state index is 0.469. The lowest BCUT2D eigenvalue weighted by Gasteiger charge is -2.09. The van der Waals surface area contributed by atoms with Crippen LogP contribution in [-0.2, 0) is 13.0 Å². The predicted molar refractivity (Wildman–Crippen MR) is 58.2 cm³/mol. The zero-order chi connectivity index (χ0) is 9.31. The van der Waals surface area contributed by atoms with Crippen molar-refractivity contribution >= 4 is 11.3 Å². The maximum atomic E-state index is 3.60. The molecule has 2 rings (SSSR count). The number of rotatable bonds is 4. The Labute approximate surface area is 84.2 Å². The van der Waals surface area contributed by atoms with Crippen molar-refractivity contribution in [3.63, 3.8) is 0 Å². The maximum absolute atomic E-state index is 3.60. The third-order valence-electron chi connectivity index (χ3n) is 2.76. The highest BCUT2D eigenvalue weighted by atomic mass is 32.1. The van der Waals surface area contributed by atoms with Crippen LogP contribution in [-0.4, -0.2) is 5.54 Å². The van der Waals surface area contributed by atoms with Crippen molar-refractivity contribution < 1.29 is 0 Å². The van der Waals surface area contributed by atoms with Crippen LogP contribution in [0.25, 0.3) is 0 Å². The van der Waals surface area contributed by atoms with Gasteiger partial charge in [0, 0.05) is 21.8 Å². The van der Waals surface area contributed by atoms with E-state index in [4.69, 9.17) is 0 Å². The molecule has 0 aliphatic heterocycles. The van der Waals surface area contributed by atoms with Gasteiger partial charge in [-0.25, -0.2) is 0 Å². The Morgan fingerprint density at radius 1 is 1.38 bits per heavy atom. The van der Waals surface area contributed by atoms with Crippen LogP contribution in [0.3, 0.4) is 0 Å². The third-order valence-corrected chi connectivity index (χ3v) is 3.98. The summed E-state index contributed by atoms with van der Waals surface area (Å²) in [5, 5.41) is 3.60. The Balaban J connectivity index is 1.87. The molecule has 0 amide bonds. The van der Waals surface area contributed by atoms with Gasteiger partial charge in [-0.15, -0.1) is 11.3 Å². The number of thiophene rings is 1. The van der Waals surface area contributed by atoms with Crippen molar-refractivity contribution in [1.29, 1.82) is 0 Å². The lowest BCUT2D eigenvalue weighted by Crippen LogP contribution is -2.26. The smallest absolute Gasteiger partial charge is 0.0304 e. The Bertz CT molecular complexity index is 286. The molecule has 0 atom stereocenters. The minimum absolute atomic E-state index is 0.469. The van der Waals surface area contributed by atoms with Crippen LogP contribution < -0.4 is 5.32 Å². The van der Waals surface area contributed by atoms with Crippen molar-refractivity contribution in [2.24, 2.45) is 0 Å². The highest BCUT2D eigenvalue weighted by molar-refractivity contribution is 7.11. The first-order valence-electron chi connectivity index (χ1n) is 5.04. The normalized spacial score (nSPS) is 18.9. The molecule has 1 nitrogen and oxygen atoms in total. The molecule has 1 heterocycles. The molecule has 0 aromatic carbocycles. The fraction of sp³-hybridized carbons (Fsp3) is 0.636. The second-order valence-corrected chi connectivity index (χ2v) is 5.39. The first kappa shape index (κ1) is 9.22. The molecule has 72 valence electrons. The molecule has 1 N–H and O–H groups in total. The van der Waals surface area contributed by atoms with E-state index >= 15 is 0 Å². The van der Waals surface area contributed by atoms with Gasteiger partial charge in [0.05, 0.1) is 0 Å². The number of nitrogens with one attached hydrogen (secondary N) is 1. The molecule has 1 saturated carbocycles. The van der Waals surface area contributed by atoms with Gasteiger partial charge in [0.15, 0.2) is 0 Å². The van der Waals surface area contributed by atoms with E-state index in [1.165, 1.54) is 29.0 Å². The summed E-state index contributed by atoms with van der Waals surface area (Å²) >= 11 is 1.94. The fourth-order valence-corrected chi connectivity index (χ4v) is 2.27. The SMILES string of the molecule is CCc1ccc(CNC2(C)CC2)s1. The minimum Gasteiger partial charge on any atom is -0.307 e. The first-order chi connectivity index (χ1) is 6.22. The lowest BCUT2D eigenvalue weighted by molar-refractivity contribution is 0.541. The second-order valence-electron chi connectivity index (χ2n) is 4.14. The monoisotopic (exact) mass is 195 g/mol. The van der Waals surface area contributed by atoms with Gasteiger partial charge in [-0.1, -0.05) is 6.92 Å². The molecule has 13 heavy (non-hydrogen) atoms. The van der Waals surface area contributed by atoms with E-state index in [9.17, 15) is 0 Å². The van der Waals surface area contributed by atoms with Crippen LogP contribution in [0, 0.1) is 0 Å². The summed E-state index contributed by atoms with van der Waals surface area (Å²) in [6.45, 7) is 5.58. The average Bonchev–Trinajstić information content (AvgIpc) is 2.69. The van der Waals surface area contributed by atoms with Crippen molar-refractivity contribution in [1.82, 2.24) is 5.32 Å². The summed E-state index contributed by atoms with van der Waals surface area (Å²) in [7, 11) is 0. The van der Waals surface area contributed by atoms with Crippen LogP contribution >= 0.6 is 11.3 Å². The lowest BCUT2D eigenvalue weighted by atomic mass is 10.3. The molecule has 1 fully saturated rings. The summed E-state index contributed by atoms with van der Waals surface area (Å²) in [6, 6.07) is 4.50. The summed E-state index contributed by atoms with van der Waals surface area (Å²) in [5.74, 6) is 0. The van der Waals surface area contributed by atoms with Gasteiger partial charge in [0.1, 0.15) is 0 Å². The zero-order valence-electron chi connectivity index (χ0n) is 8.39. The summed E-state index contributed by atoms with van der Waals surface area (Å²) in [6.07, 6.45) is 3.86. The molecule has 1 aromatic heterocycles. The Morgan fingerprint density at radius 3 is 2.62 bits per heavy atom. The summed E-state index contributed by atoms with van der Waals surface area (Å²) in [5.41, 5.74) is 0.469. The molecule has 0 spiro atoms. The number of hydrogen-bond donors (Lipinski definition) is 1. The molecule has 0 radical (unpaired) electrons. The Kier molecular flexibility index (Phi) is 2.43. The molecule has 1 aromatic rings. The van der Waals surface area contributed by atoms with E-state index in [-0.39, 0.29) is 0 Å². The van der Waals surface area contributed by atoms with Gasteiger partial charge < -0.3 is 5.32 Å². The van der Waals surface area contributed by atoms with Gasteiger partial charge in [-0.05, 0) is 38.3 Å². The van der Waals surface area contributed by atoms with Gasteiger partial charge in [-0.2, -0.15) is 0 Å². The third kappa shape index (κ3) is 2.32. The van der Waals surface area contributed by atoms with Crippen molar-refractivity contribution in [3.8, 4) is 0 Å². The van der Waals surface area contributed by atoms with Crippen molar-refractivity contribution in [3.05, 3.63) is 21.9 Å². The second kappa shape index (κ2) is 3.43. The van der Waals surface area contributed by atoms with E-state index in [2.05, 4.69) is 31.3 Å². The molecule has 1 aliphatic carbocycles. The highest BCUT2D eigenvalue weighted by Crippen LogP contribution is 2.34. The largest absolute Gasteiger partial charge is 0.307 e. The average molecular weight is 195 g/mol. The van der Waals surface area contributed by atoms with Crippen LogP contribution in [0.5, 0.6) is 0 Å². The van der Waals surface area contributed by atoms with Gasteiger partial charge >= 0.3 is 0 Å². The topological polar surface area (TPSA) is 12.0 Å². The Morgan fingerprint density at radius 2 is 2.08 bits per heavy atom. The van der Waals surface area contributed by atoms with E-state index in [0.717, 1.165) is 6.54 Å². The molecular formula is C11H17NS. The molecule has 0 unspecified atom stereocenters. The van der Waals surface area contributed by atoms with Gasteiger partial charge in [-0.3, -0.25) is 0 Å². The van der Waals surface area contributed by atoms with Crippen LogP contribution in [0.1, 0.15) is 36.4 Å². The maximum Gasteiger partial charge on any atom is 0.0304 e. The zero-order valence-corrected chi connectivity index (χ0v) is 9.21. The highest BCUT2D eigenvalue weighted by Gasteiger charge is 2.36. The van der Waals surface area contributed by atoms with Gasteiger partial charge in [0.2, 0.25) is 0 Å². The van der Waals surface area contributed by atoms with Crippen molar-refractivity contribution in [2.45, 2.75) is 45.2 Å². The molecule has 0 saturated heterocycles. The quantitative estimate of drug-likeness (QED) is 0.779. The van der Waals surface area contributed by atoms with E-state index in [0.29, 0.717) is 5.54 Å². The van der Waals surface area contributed by atoms with Crippen LogP contribution in [0.4, 0.5) is 0 Å². The summed E-state index contributed by atoms with van der Waals surface area (Å²) in [4.78, 5) is 2.97. The van der Waals surface area contributed by atoms with Crippen molar-refractivity contribution in [2.75, 3.05) is 0 Å². The standard InChI is InChI=1S/C11H17NS/c1-3-9-4-5-10(13-9)8-12-11(2)6-7-11/h4-5,12H,3,6-8H2,1-2H3. The summed E-state index contributed by atoms with van der Waals surface area (Å²) < 4.78 is 0. The Hall–Kier alpha value is -0.340. The fourth-order valence-electron chi connectivity index (χ4n) is 1.37. The van der Waals surface area contributed by atoms with Crippen LogP contribution in [0.2, 0.25) is 0 Å². The van der Waals surface area contributed by atoms with E-state index in [1.807, 2.05) is 11.3 Å². The van der Waals surface area contributed by atoms with E-state index in [1.54, 1.807) is 0 Å². The van der Waals surface area contributed by atoms with Crippen LogP contribution in [0.15, 0.2) is 12.1 Å². The number of aryl methyl sites for hydroxylation is 1. The molecule has 1 aliphatic rings. The number of hydrogen-bond acceptors (Lipinski definition) is 2. The molecule has 0 bridgehead atoms. The first-order valence-corrected chi connectivity index (χ1v) is 5.86. The van der Waals surface area contributed by atoms with Gasteiger partial charge in [0.25, 0.3) is 0 Å².